The second-order valence-electron chi connectivity index (χ2n) is 14.1. The molecule has 1 aromatic carbocycles. The van der Waals surface area contributed by atoms with Crippen LogP contribution in [0.5, 0.6) is 5.75 Å². The summed E-state index contributed by atoms with van der Waals surface area (Å²) >= 11 is 0. The Morgan fingerprint density at radius 3 is 2.16 bits per heavy atom. The SMILES string of the molecule is CC.CCc1c2c(nc3ccc(OC(=O)OC(C)(C)C)cc13)-c1cc3c(c(=O)n1C2)COC(=O)C3OC(=O)N(C)CCN(C)C(=O)OC(C)(C)C. The molecule has 2 aromatic heterocycles. The number of ether oxygens (including phenoxy) is 5. The molecule has 2 aliphatic heterocycles. The molecule has 0 radical (unpaired) electrons. The van der Waals surface area contributed by atoms with Gasteiger partial charge in [-0.05, 0) is 77.8 Å². The third kappa shape index (κ3) is 8.61. The zero-order valence-corrected chi connectivity index (χ0v) is 31.3. The minimum atomic E-state index is -1.48. The maximum absolute atomic E-state index is 13.8. The zero-order chi connectivity index (χ0) is 38.0. The fourth-order valence-corrected chi connectivity index (χ4v) is 5.63. The monoisotopic (exact) mass is 708 g/mol. The summed E-state index contributed by atoms with van der Waals surface area (Å²) in [6, 6.07) is 6.74. The average Bonchev–Trinajstić information content (AvgIpc) is 3.41. The molecule has 0 saturated carbocycles. The zero-order valence-electron chi connectivity index (χ0n) is 31.3. The lowest BCUT2D eigenvalue weighted by atomic mass is 9.97. The number of esters is 1. The average molecular weight is 709 g/mol. The van der Waals surface area contributed by atoms with Crippen LogP contribution in [0.1, 0.15) is 90.7 Å². The second-order valence-corrected chi connectivity index (χ2v) is 14.1. The van der Waals surface area contributed by atoms with Gasteiger partial charge in [-0.25, -0.2) is 24.2 Å². The normalized spacial score (nSPS) is 14.6. The number of hydrogen-bond acceptors (Lipinski definition) is 11. The Morgan fingerprint density at radius 1 is 0.922 bits per heavy atom. The number of rotatable bonds is 6. The molecule has 0 fully saturated rings. The van der Waals surface area contributed by atoms with Crippen LogP contribution in [0.25, 0.3) is 22.3 Å². The molecule has 1 unspecified atom stereocenters. The highest BCUT2D eigenvalue weighted by Gasteiger charge is 2.38. The Kier molecular flexibility index (Phi) is 11.4. The molecule has 14 nitrogen and oxygen atoms in total. The highest BCUT2D eigenvalue weighted by molar-refractivity contribution is 5.90. The summed E-state index contributed by atoms with van der Waals surface area (Å²) in [5.74, 6) is -0.510. The van der Waals surface area contributed by atoms with E-state index in [-0.39, 0.29) is 42.9 Å². The van der Waals surface area contributed by atoms with E-state index in [0.717, 1.165) is 16.5 Å². The van der Waals surface area contributed by atoms with Crippen molar-refractivity contribution < 1.29 is 42.9 Å². The topological polar surface area (TPSA) is 156 Å². The molecule has 2 amide bonds. The van der Waals surface area contributed by atoms with Crippen molar-refractivity contribution in [2.24, 2.45) is 0 Å². The van der Waals surface area contributed by atoms with Gasteiger partial charge in [-0.2, -0.15) is 0 Å². The van der Waals surface area contributed by atoms with Crippen LogP contribution >= 0.6 is 0 Å². The third-order valence-electron chi connectivity index (χ3n) is 7.98. The van der Waals surface area contributed by atoms with Gasteiger partial charge in [0.2, 0.25) is 6.10 Å². The minimum absolute atomic E-state index is 0.0880. The van der Waals surface area contributed by atoms with Crippen molar-refractivity contribution in [1.29, 1.82) is 0 Å². The van der Waals surface area contributed by atoms with Crippen LogP contribution in [0.4, 0.5) is 14.4 Å². The number of aryl methyl sites for hydroxylation is 1. The van der Waals surface area contributed by atoms with Gasteiger partial charge < -0.3 is 38.1 Å². The molecule has 4 heterocycles. The Morgan fingerprint density at radius 2 is 1.55 bits per heavy atom. The minimum Gasteiger partial charge on any atom is -0.458 e. The lowest BCUT2D eigenvalue weighted by Gasteiger charge is -2.28. The number of cyclic esters (lactones) is 1. The van der Waals surface area contributed by atoms with Crippen molar-refractivity contribution in [2.45, 2.75) is 99.2 Å². The molecule has 0 spiro atoms. The molecule has 0 bridgehead atoms. The number of nitrogens with zero attached hydrogens (tertiary/aromatic N) is 4. The largest absolute Gasteiger partial charge is 0.514 e. The molecule has 5 rings (SSSR count). The first-order chi connectivity index (χ1) is 23.9. The molecule has 14 heteroatoms. The maximum atomic E-state index is 13.8. The van der Waals surface area contributed by atoms with Gasteiger partial charge in [0, 0.05) is 43.7 Å². The number of carbonyl (C=O) groups excluding carboxylic acids is 4. The van der Waals surface area contributed by atoms with Crippen molar-refractivity contribution in [2.75, 3.05) is 27.2 Å². The highest BCUT2D eigenvalue weighted by Crippen LogP contribution is 2.39. The Balaban J connectivity index is 0.00000286. The summed E-state index contributed by atoms with van der Waals surface area (Å²) < 4.78 is 28.5. The molecular weight excluding hydrogens is 660 g/mol. The first-order valence-electron chi connectivity index (χ1n) is 17.0. The van der Waals surface area contributed by atoms with E-state index in [9.17, 15) is 24.0 Å². The van der Waals surface area contributed by atoms with Crippen molar-refractivity contribution >= 4 is 35.2 Å². The van der Waals surface area contributed by atoms with Crippen LogP contribution in [-0.2, 0) is 43.3 Å². The Labute approximate surface area is 297 Å². The summed E-state index contributed by atoms with van der Waals surface area (Å²) in [7, 11) is 3.02. The fourth-order valence-electron chi connectivity index (χ4n) is 5.63. The molecule has 2 aliphatic rings. The molecular formula is C37H48N4O10. The number of likely N-dealkylation sites (N-methyl/N-ethyl adjacent to an activating group) is 2. The van der Waals surface area contributed by atoms with E-state index in [1.807, 2.05) is 20.8 Å². The van der Waals surface area contributed by atoms with Gasteiger partial charge >= 0.3 is 24.3 Å². The highest BCUT2D eigenvalue weighted by atomic mass is 16.7. The third-order valence-corrected chi connectivity index (χ3v) is 7.98. The van der Waals surface area contributed by atoms with Crippen LogP contribution in [0.3, 0.4) is 0 Å². The van der Waals surface area contributed by atoms with E-state index < -0.39 is 41.6 Å². The van der Waals surface area contributed by atoms with Crippen molar-refractivity contribution in [3.05, 3.63) is 56.9 Å². The van der Waals surface area contributed by atoms with Crippen LogP contribution in [0.2, 0.25) is 0 Å². The van der Waals surface area contributed by atoms with Gasteiger partial charge in [0.25, 0.3) is 5.56 Å². The number of aromatic nitrogens is 2. The van der Waals surface area contributed by atoms with Gasteiger partial charge in [0.15, 0.2) is 0 Å². The van der Waals surface area contributed by atoms with Gasteiger partial charge in [-0.3, -0.25) is 4.79 Å². The van der Waals surface area contributed by atoms with E-state index >= 15 is 0 Å². The second kappa shape index (κ2) is 15.0. The lowest BCUT2D eigenvalue weighted by Crippen LogP contribution is -2.41. The van der Waals surface area contributed by atoms with Gasteiger partial charge in [-0.1, -0.05) is 20.8 Å². The van der Waals surface area contributed by atoms with Crippen molar-refractivity contribution in [3.8, 4) is 17.1 Å². The molecule has 1 atom stereocenters. The van der Waals surface area contributed by atoms with E-state index in [4.69, 9.17) is 28.7 Å². The van der Waals surface area contributed by atoms with E-state index in [2.05, 4.69) is 0 Å². The van der Waals surface area contributed by atoms with Crippen LogP contribution < -0.4 is 10.3 Å². The van der Waals surface area contributed by atoms with E-state index in [1.54, 1.807) is 77.4 Å². The molecule has 276 valence electrons. The lowest BCUT2D eigenvalue weighted by molar-refractivity contribution is -0.158. The molecule has 0 aliphatic carbocycles. The summed E-state index contributed by atoms with van der Waals surface area (Å²) in [6.45, 7) is 16.7. The van der Waals surface area contributed by atoms with E-state index in [0.29, 0.717) is 29.1 Å². The maximum Gasteiger partial charge on any atom is 0.514 e. The standard InChI is InChI=1S/C35H42N4O10.C2H6/c1-10-20-21-15-19(46-33(44)49-35(5,6)7)11-12-25(21)36-27-23(20)17-39-26(27)16-22-24(29(39)40)18-45-30(41)28(22)47-31(42)37(8)13-14-38(9)32(43)48-34(2,3)4;1-2/h11-12,15-16,28H,10,13-14,17-18H2,1-9H3;1-2H3. The summed E-state index contributed by atoms with van der Waals surface area (Å²) in [4.78, 5) is 72.0. The number of fused-ring (bicyclic) bond motifs is 5. The summed E-state index contributed by atoms with van der Waals surface area (Å²) in [5, 5.41) is 0.763. The predicted molar refractivity (Wildman–Crippen MR) is 189 cm³/mol. The first kappa shape index (κ1) is 38.7. The van der Waals surface area contributed by atoms with Crippen molar-refractivity contribution in [3.63, 3.8) is 0 Å². The first-order valence-corrected chi connectivity index (χ1v) is 17.0. The van der Waals surface area contributed by atoms with Crippen LogP contribution in [-0.4, -0.2) is 82.0 Å². The summed E-state index contributed by atoms with van der Waals surface area (Å²) in [5.41, 5.74) is 2.06. The molecule has 0 N–H and O–H groups in total. The van der Waals surface area contributed by atoms with Crippen LogP contribution in [0, 0.1) is 0 Å². The molecule has 3 aromatic rings. The number of pyridine rings is 2. The smallest absolute Gasteiger partial charge is 0.458 e. The molecule has 51 heavy (non-hydrogen) atoms. The van der Waals surface area contributed by atoms with Crippen LogP contribution in [0.15, 0.2) is 29.1 Å². The molecule has 0 saturated heterocycles. The number of benzene rings is 1. The van der Waals surface area contributed by atoms with Gasteiger partial charge in [0.1, 0.15) is 23.6 Å². The predicted octanol–water partition coefficient (Wildman–Crippen LogP) is 6.36. The van der Waals surface area contributed by atoms with Crippen molar-refractivity contribution in [1.82, 2.24) is 19.4 Å². The Bertz CT molecular complexity index is 1900. The number of carbonyl (C=O) groups is 4. The summed E-state index contributed by atoms with van der Waals surface area (Å²) in [6.07, 6.45) is -3.10. The Hall–Kier alpha value is -5.14. The number of amides is 2. The van der Waals surface area contributed by atoms with Gasteiger partial charge in [-0.15, -0.1) is 0 Å². The fraction of sp³-hybridized carbons (Fsp3) is 0.514. The van der Waals surface area contributed by atoms with Gasteiger partial charge in [0.05, 0.1) is 29.0 Å². The van der Waals surface area contributed by atoms with E-state index in [1.165, 1.54) is 16.8 Å². The quantitative estimate of drug-likeness (QED) is 0.125. The number of hydrogen-bond donors (Lipinski definition) is 0.